The fourth-order valence-electron chi connectivity index (χ4n) is 1.65. The first-order valence-electron chi connectivity index (χ1n) is 4.79. The van der Waals surface area contributed by atoms with Crippen LogP contribution in [-0.4, -0.2) is 12.5 Å². The van der Waals surface area contributed by atoms with E-state index >= 15 is 0 Å². The molecular weight excluding hydrogens is 190 g/mol. The van der Waals surface area contributed by atoms with E-state index in [1.165, 1.54) is 5.56 Å². The number of carbonyl (C=O) groups excluding carboxylic acids is 1. The predicted molar refractivity (Wildman–Crippen MR) is 60.6 cm³/mol. The Morgan fingerprint density at radius 2 is 1.87 bits per heavy atom. The third-order valence-corrected chi connectivity index (χ3v) is 2.17. The Balaban J connectivity index is 2.90. The normalized spacial score (nSPS) is 10.1. The Morgan fingerprint density at radius 3 is 2.33 bits per heavy atom. The SMILES string of the molecule is [CH2]OCC(=O)Nc1c(C)cc(C)cc1C. The van der Waals surface area contributed by atoms with Gasteiger partial charge in [0.25, 0.3) is 0 Å². The van der Waals surface area contributed by atoms with Crippen molar-refractivity contribution in [3.63, 3.8) is 0 Å². The Kier molecular flexibility index (Phi) is 3.86. The van der Waals surface area contributed by atoms with Crippen molar-refractivity contribution in [1.29, 1.82) is 0 Å². The lowest BCUT2D eigenvalue weighted by Gasteiger charge is -2.12. The van der Waals surface area contributed by atoms with Crippen molar-refractivity contribution in [2.24, 2.45) is 0 Å². The van der Waals surface area contributed by atoms with Crippen LogP contribution >= 0.6 is 0 Å². The molecule has 1 rings (SSSR count). The van der Waals surface area contributed by atoms with Crippen LogP contribution in [0.1, 0.15) is 16.7 Å². The van der Waals surface area contributed by atoms with Crippen molar-refractivity contribution >= 4 is 11.6 Å². The fourth-order valence-corrected chi connectivity index (χ4v) is 1.65. The molecule has 0 saturated heterocycles. The zero-order valence-electron chi connectivity index (χ0n) is 9.39. The first-order chi connectivity index (χ1) is 7.04. The summed E-state index contributed by atoms with van der Waals surface area (Å²) < 4.78 is 4.52. The molecule has 0 aliphatic carbocycles. The molecule has 0 aromatic heterocycles. The van der Waals surface area contributed by atoms with Gasteiger partial charge in [0.05, 0.1) is 7.11 Å². The van der Waals surface area contributed by atoms with Gasteiger partial charge in [-0.3, -0.25) is 4.79 Å². The summed E-state index contributed by atoms with van der Waals surface area (Å²) in [5.41, 5.74) is 4.17. The topological polar surface area (TPSA) is 38.3 Å². The zero-order chi connectivity index (χ0) is 11.4. The number of anilines is 1. The minimum absolute atomic E-state index is 0.0211. The molecule has 0 bridgehead atoms. The Bertz CT molecular complexity index is 349. The fraction of sp³-hybridized carbons (Fsp3) is 0.333. The largest absolute Gasteiger partial charge is 0.369 e. The number of nitrogens with one attached hydrogen (secondary N) is 1. The van der Waals surface area contributed by atoms with Crippen LogP contribution in [0.5, 0.6) is 0 Å². The molecule has 0 heterocycles. The molecule has 15 heavy (non-hydrogen) atoms. The quantitative estimate of drug-likeness (QED) is 0.824. The minimum Gasteiger partial charge on any atom is -0.369 e. The van der Waals surface area contributed by atoms with Crippen LogP contribution in [0, 0.1) is 27.9 Å². The van der Waals surface area contributed by atoms with Gasteiger partial charge in [0, 0.05) is 5.69 Å². The van der Waals surface area contributed by atoms with E-state index in [1.807, 2.05) is 32.9 Å². The van der Waals surface area contributed by atoms with Crippen LogP contribution in [0.25, 0.3) is 0 Å². The van der Waals surface area contributed by atoms with Crippen LogP contribution in [0.15, 0.2) is 12.1 Å². The van der Waals surface area contributed by atoms with Gasteiger partial charge in [-0.2, -0.15) is 0 Å². The van der Waals surface area contributed by atoms with Crippen molar-refractivity contribution in [2.45, 2.75) is 20.8 Å². The molecule has 1 aromatic carbocycles. The molecular formula is C12H16NO2. The molecule has 3 nitrogen and oxygen atoms in total. The second-order valence-corrected chi connectivity index (χ2v) is 3.67. The van der Waals surface area contributed by atoms with Crippen molar-refractivity contribution in [1.82, 2.24) is 0 Å². The van der Waals surface area contributed by atoms with E-state index in [-0.39, 0.29) is 12.5 Å². The van der Waals surface area contributed by atoms with Crippen molar-refractivity contribution < 1.29 is 9.53 Å². The number of ether oxygens (including phenoxy) is 1. The summed E-state index contributed by atoms with van der Waals surface area (Å²) in [6.45, 7) is 5.96. The second kappa shape index (κ2) is 4.94. The molecule has 0 aliphatic rings. The standard InChI is InChI=1S/C12H16NO2/c1-8-5-9(2)12(10(3)6-8)13-11(14)7-15-4/h5-6H,4,7H2,1-3H3,(H,13,14). The lowest BCUT2D eigenvalue weighted by atomic mass is 10.1. The second-order valence-electron chi connectivity index (χ2n) is 3.67. The molecule has 0 fully saturated rings. The van der Waals surface area contributed by atoms with Gasteiger partial charge in [-0.05, 0) is 31.9 Å². The van der Waals surface area contributed by atoms with Gasteiger partial charge in [-0.1, -0.05) is 17.7 Å². The summed E-state index contributed by atoms with van der Waals surface area (Å²) in [7, 11) is 3.17. The average Bonchev–Trinajstić information content (AvgIpc) is 2.11. The molecule has 81 valence electrons. The Morgan fingerprint density at radius 1 is 1.33 bits per heavy atom. The first-order valence-corrected chi connectivity index (χ1v) is 4.79. The highest BCUT2D eigenvalue weighted by molar-refractivity contribution is 5.93. The molecule has 3 heteroatoms. The van der Waals surface area contributed by atoms with Crippen LogP contribution in [0.2, 0.25) is 0 Å². The van der Waals surface area contributed by atoms with E-state index in [0.717, 1.165) is 16.8 Å². The van der Waals surface area contributed by atoms with Crippen LogP contribution < -0.4 is 5.32 Å². The third-order valence-electron chi connectivity index (χ3n) is 2.17. The number of amides is 1. The molecule has 1 N–H and O–H groups in total. The predicted octanol–water partition coefficient (Wildman–Crippen LogP) is 2.36. The minimum atomic E-state index is -0.181. The summed E-state index contributed by atoms with van der Waals surface area (Å²) in [4.78, 5) is 11.3. The van der Waals surface area contributed by atoms with Crippen molar-refractivity contribution in [3.8, 4) is 0 Å². The van der Waals surface area contributed by atoms with Crippen LogP contribution in [0.4, 0.5) is 5.69 Å². The van der Waals surface area contributed by atoms with E-state index in [0.29, 0.717) is 0 Å². The maximum Gasteiger partial charge on any atom is 0.250 e. The van der Waals surface area contributed by atoms with Gasteiger partial charge < -0.3 is 10.1 Å². The maximum atomic E-state index is 11.3. The van der Waals surface area contributed by atoms with E-state index in [9.17, 15) is 4.79 Å². The summed E-state index contributed by atoms with van der Waals surface area (Å²) >= 11 is 0. The highest BCUT2D eigenvalue weighted by Gasteiger charge is 2.07. The van der Waals surface area contributed by atoms with Crippen LogP contribution in [0.3, 0.4) is 0 Å². The molecule has 0 unspecified atom stereocenters. The molecule has 0 spiro atoms. The zero-order valence-corrected chi connectivity index (χ0v) is 9.39. The Labute approximate surface area is 90.4 Å². The number of hydrogen-bond donors (Lipinski definition) is 1. The van der Waals surface area contributed by atoms with E-state index < -0.39 is 0 Å². The maximum absolute atomic E-state index is 11.3. The summed E-state index contributed by atoms with van der Waals surface area (Å²) in [5, 5.41) is 2.80. The van der Waals surface area contributed by atoms with Crippen molar-refractivity contribution in [3.05, 3.63) is 35.9 Å². The molecule has 1 aromatic rings. The number of carbonyl (C=O) groups is 1. The number of hydrogen-bond acceptors (Lipinski definition) is 2. The van der Waals surface area contributed by atoms with Gasteiger partial charge in [-0.25, -0.2) is 0 Å². The highest BCUT2D eigenvalue weighted by atomic mass is 16.5. The molecule has 1 amide bonds. The molecule has 0 atom stereocenters. The van der Waals surface area contributed by atoms with E-state index in [2.05, 4.69) is 17.2 Å². The lowest BCUT2D eigenvalue weighted by molar-refractivity contribution is -0.119. The molecule has 0 aliphatic heterocycles. The number of benzene rings is 1. The average molecular weight is 206 g/mol. The van der Waals surface area contributed by atoms with Gasteiger partial charge >= 0.3 is 0 Å². The molecule has 0 saturated carbocycles. The van der Waals surface area contributed by atoms with Crippen LogP contribution in [-0.2, 0) is 9.53 Å². The summed E-state index contributed by atoms with van der Waals surface area (Å²) in [6.07, 6.45) is 0. The third kappa shape index (κ3) is 3.06. The first kappa shape index (κ1) is 11.7. The number of rotatable bonds is 3. The summed E-state index contributed by atoms with van der Waals surface area (Å²) in [5.74, 6) is -0.181. The highest BCUT2D eigenvalue weighted by Crippen LogP contribution is 2.21. The molecule has 1 radical (unpaired) electrons. The van der Waals surface area contributed by atoms with Crippen molar-refractivity contribution in [2.75, 3.05) is 11.9 Å². The summed E-state index contributed by atoms with van der Waals surface area (Å²) in [6, 6.07) is 4.07. The smallest absolute Gasteiger partial charge is 0.250 e. The lowest BCUT2D eigenvalue weighted by Crippen LogP contribution is -2.18. The monoisotopic (exact) mass is 206 g/mol. The van der Waals surface area contributed by atoms with Gasteiger partial charge in [0.15, 0.2) is 0 Å². The van der Waals surface area contributed by atoms with E-state index in [4.69, 9.17) is 0 Å². The van der Waals surface area contributed by atoms with E-state index in [1.54, 1.807) is 0 Å². The van der Waals surface area contributed by atoms with Gasteiger partial charge in [-0.15, -0.1) is 0 Å². The number of aryl methyl sites for hydroxylation is 3. The Hall–Kier alpha value is -1.35. The van der Waals surface area contributed by atoms with Gasteiger partial charge in [0.1, 0.15) is 6.61 Å². The van der Waals surface area contributed by atoms with Gasteiger partial charge in [0.2, 0.25) is 5.91 Å².